The van der Waals surface area contributed by atoms with Crippen LogP contribution in [0.25, 0.3) is 10.9 Å². The average Bonchev–Trinajstić information content (AvgIpc) is 3.14. The number of rotatable bonds is 8. The van der Waals surface area contributed by atoms with E-state index < -0.39 is 0 Å². The molecular weight excluding hydrogens is 501 g/mol. The zero-order valence-electron chi connectivity index (χ0n) is 19.4. The van der Waals surface area contributed by atoms with Gasteiger partial charge in [0.25, 0.3) is 5.91 Å². The highest BCUT2D eigenvalue weighted by atomic mass is 35.5. The summed E-state index contributed by atoms with van der Waals surface area (Å²) in [5.74, 6) is -0.00277. The van der Waals surface area contributed by atoms with Crippen molar-refractivity contribution in [2.75, 3.05) is 17.6 Å². The molecule has 8 heteroatoms. The van der Waals surface area contributed by atoms with Gasteiger partial charge in [0.1, 0.15) is 0 Å². The minimum Gasteiger partial charge on any atom is -0.350 e. The predicted molar refractivity (Wildman–Crippen MR) is 146 cm³/mol. The number of hydrogen-bond acceptors (Lipinski definition) is 3. The molecule has 35 heavy (non-hydrogen) atoms. The number of aryl methyl sites for hydroxylation is 2. The number of para-hydroxylation sites is 1. The molecule has 180 valence electrons. The van der Waals surface area contributed by atoms with Crippen molar-refractivity contribution in [2.45, 2.75) is 25.3 Å². The van der Waals surface area contributed by atoms with Gasteiger partial charge in [-0.05, 0) is 61.4 Å². The first-order valence-electron chi connectivity index (χ1n) is 11.1. The van der Waals surface area contributed by atoms with Crippen molar-refractivity contribution in [3.8, 4) is 0 Å². The Bertz CT molecular complexity index is 1380. The lowest BCUT2D eigenvalue weighted by molar-refractivity contribution is -0.113. The molecule has 0 aliphatic heterocycles. The van der Waals surface area contributed by atoms with Crippen molar-refractivity contribution in [1.29, 1.82) is 0 Å². The van der Waals surface area contributed by atoms with Gasteiger partial charge in [-0.2, -0.15) is 0 Å². The van der Waals surface area contributed by atoms with Crippen LogP contribution in [0.5, 0.6) is 0 Å². The third-order valence-electron chi connectivity index (χ3n) is 5.43. The zero-order valence-corrected chi connectivity index (χ0v) is 21.7. The van der Waals surface area contributed by atoms with E-state index in [-0.39, 0.29) is 11.8 Å². The molecule has 5 nitrogen and oxygen atoms in total. The van der Waals surface area contributed by atoms with Gasteiger partial charge in [0.15, 0.2) is 0 Å². The fourth-order valence-electron chi connectivity index (χ4n) is 3.96. The Balaban J connectivity index is 1.39. The van der Waals surface area contributed by atoms with Crippen molar-refractivity contribution in [3.05, 3.63) is 93.6 Å². The molecule has 1 aromatic heterocycles. The molecule has 0 saturated heterocycles. The number of nitrogens with zero attached hydrogens (tertiary/aromatic N) is 1. The smallest absolute Gasteiger partial charge is 0.252 e. The largest absolute Gasteiger partial charge is 0.350 e. The van der Waals surface area contributed by atoms with Gasteiger partial charge in [0, 0.05) is 45.8 Å². The third-order valence-corrected chi connectivity index (χ3v) is 7.02. The minimum absolute atomic E-state index is 0.0519. The summed E-state index contributed by atoms with van der Waals surface area (Å²) in [6.07, 6.45) is 2.03. The number of benzene rings is 3. The second-order valence-corrected chi connectivity index (χ2v) is 10.2. The van der Waals surface area contributed by atoms with E-state index in [0.29, 0.717) is 34.5 Å². The molecule has 0 radical (unpaired) electrons. The van der Waals surface area contributed by atoms with Crippen molar-refractivity contribution in [1.82, 2.24) is 9.88 Å². The van der Waals surface area contributed by atoms with Gasteiger partial charge in [-0.15, -0.1) is 11.8 Å². The van der Waals surface area contributed by atoms with Gasteiger partial charge in [-0.25, -0.2) is 0 Å². The highest BCUT2D eigenvalue weighted by molar-refractivity contribution is 8.00. The van der Waals surface area contributed by atoms with Gasteiger partial charge in [-0.1, -0.05) is 47.5 Å². The molecule has 1 heterocycles. The second-order valence-electron chi connectivity index (χ2n) is 8.30. The number of amides is 2. The first kappa shape index (κ1) is 25.2. The molecule has 0 saturated carbocycles. The SMILES string of the molecule is Cc1cc(C)cc(NC(=O)CSc2cn(CCNC(=O)c3ccc(Cl)cc3Cl)c3ccccc23)c1. The number of halogens is 2. The van der Waals surface area contributed by atoms with Crippen molar-refractivity contribution < 1.29 is 9.59 Å². The van der Waals surface area contributed by atoms with Gasteiger partial charge in [0.2, 0.25) is 5.91 Å². The van der Waals surface area contributed by atoms with E-state index in [1.165, 1.54) is 11.8 Å². The molecule has 2 amide bonds. The molecule has 2 N–H and O–H groups in total. The lowest BCUT2D eigenvalue weighted by Gasteiger charge is -2.09. The van der Waals surface area contributed by atoms with Gasteiger partial charge in [-0.3, -0.25) is 9.59 Å². The first-order valence-corrected chi connectivity index (χ1v) is 12.9. The average molecular weight is 526 g/mol. The number of anilines is 1. The molecule has 0 bridgehead atoms. The maximum Gasteiger partial charge on any atom is 0.252 e. The van der Waals surface area contributed by atoms with E-state index in [2.05, 4.69) is 21.3 Å². The number of aromatic nitrogens is 1. The number of fused-ring (bicyclic) bond motifs is 1. The predicted octanol–water partition coefficient (Wildman–Crippen LogP) is 6.73. The number of hydrogen-bond donors (Lipinski definition) is 2. The molecule has 4 aromatic rings. The Morgan fingerprint density at radius 2 is 1.71 bits per heavy atom. The molecule has 0 spiro atoms. The standard InChI is InChI=1S/C27H25Cl2N3O2S/c1-17-11-18(2)13-20(12-17)31-26(33)16-35-25-15-32(24-6-4-3-5-22(24)25)10-9-30-27(34)21-8-7-19(28)14-23(21)29/h3-8,11-15H,9-10,16H2,1-2H3,(H,30,34)(H,31,33). The van der Waals surface area contributed by atoms with E-state index >= 15 is 0 Å². The summed E-state index contributed by atoms with van der Waals surface area (Å²) in [4.78, 5) is 26.1. The lowest BCUT2D eigenvalue weighted by Crippen LogP contribution is -2.27. The van der Waals surface area contributed by atoms with Crippen LogP contribution in [0, 0.1) is 13.8 Å². The maximum absolute atomic E-state index is 12.6. The second kappa shape index (κ2) is 11.2. The van der Waals surface area contributed by atoms with Crippen LogP contribution in [0.2, 0.25) is 10.0 Å². The molecule has 0 unspecified atom stereocenters. The van der Waals surface area contributed by atoms with Crippen molar-refractivity contribution in [3.63, 3.8) is 0 Å². The van der Waals surface area contributed by atoms with Crippen LogP contribution in [0.4, 0.5) is 5.69 Å². The quantitative estimate of drug-likeness (QED) is 0.251. The molecule has 0 fully saturated rings. The molecular formula is C27H25Cl2N3O2S. The van der Waals surface area contributed by atoms with Crippen LogP contribution in [0.1, 0.15) is 21.5 Å². The van der Waals surface area contributed by atoms with E-state index in [1.54, 1.807) is 18.2 Å². The Kier molecular flexibility index (Phi) is 8.06. The molecule has 3 aromatic carbocycles. The summed E-state index contributed by atoms with van der Waals surface area (Å²) in [7, 11) is 0. The molecule has 0 atom stereocenters. The summed E-state index contributed by atoms with van der Waals surface area (Å²) >= 11 is 13.6. The van der Waals surface area contributed by atoms with E-state index in [1.807, 2.05) is 56.4 Å². The summed E-state index contributed by atoms with van der Waals surface area (Å²) < 4.78 is 2.09. The summed E-state index contributed by atoms with van der Waals surface area (Å²) in [6.45, 7) is 5.03. The zero-order chi connectivity index (χ0) is 24.9. The van der Waals surface area contributed by atoms with Crippen molar-refractivity contribution in [2.24, 2.45) is 0 Å². The monoisotopic (exact) mass is 525 g/mol. The van der Waals surface area contributed by atoms with E-state index in [0.717, 1.165) is 32.6 Å². The minimum atomic E-state index is -0.249. The Hall–Kier alpha value is -2.93. The Morgan fingerprint density at radius 3 is 2.46 bits per heavy atom. The summed E-state index contributed by atoms with van der Waals surface area (Å²) in [5, 5.41) is 7.77. The van der Waals surface area contributed by atoms with E-state index in [9.17, 15) is 9.59 Å². The molecule has 4 rings (SSSR count). The topological polar surface area (TPSA) is 63.1 Å². The molecule has 0 aliphatic rings. The van der Waals surface area contributed by atoms with Crippen LogP contribution in [0.3, 0.4) is 0 Å². The fraction of sp³-hybridized carbons (Fsp3) is 0.185. The van der Waals surface area contributed by atoms with Crippen molar-refractivity contribution >= 4 is 63.4 Å². The lowest BCUT2D eigenvalue weighted by atomic mass is 10.1. The number of nitrogens with one attached hydrogen (secondary N) is 2. The number of thioether (sulfide) groups is 1. The number of carbonyl (C=O) groups is 2. The van der Waals surface area contributed by atoms with Crippen LogP contribution in [-0.2, 0) is 11.3 Å². The fourth-order valence-corrected chi connectivity index (χ4v) is 5.34. The molecule has 0 aliphatic carbocycles. The van der Waals surface area contributed by atoms with Crippen LogP contribution < -0.4 is 10.6 Å². The highest BCUT2D eigenvalue weighted by Gasteiger charge is 2.13. The summed E-state index contributed by atoms with van der Waals surface area (Å²) in [5.41, 5.74) is 4.47. The number of carbonyl (C=O) groups excluding carboxylic acids is 2. The van der Waals surface area contributed by atoms with Gasteiger partial charge >= 0.3 is 0 Å². The van der Waals surface area contributed by atoms with Crippen LogP contribution in [-0.4, -0.2) is 28.7 Å². The highest BCUT2D eigenvalue weighted by Crippen LogP contribution is 2.30. The van der Waals surface area contributed by atoms with E-state index in [4.69, 9.17) is 23.2 Å². The van der Waals surface area contributed by atoms with Gasteiger partial charge in [0.05, 0.1) is 16.3 Å². The van der Waals surface area contributed by atoms with Gasteiger partial charge < -0.3 is 15.2 Å². The van der Waals surface area contributed by atoms with Crippen LogP contribution in [0.15, 0.2) is 71.8 Å². The third kappa shape index (κ3) is 6.40. The maximum atomic E-state index is 12.6. The Morgan fingerprint density at radius 1 is 0.971 bits per heavy atom. The normalized spacial score (nSPS) is 11.0. The first-order chi connectivity index (χ1) is 16.8. The Labute approximate surface area is 218 Å². The van der Waals surface area contributed by atoms with Crippen LogP contribution >= 0.6 is 35.0 Å². The summed E-state index contributed by atoms with van der Waals surface area (Å²) in [6, 6.07) is 18.9.